The highest BCUT2D eigenvalue weighted by Crippen LogP contribution is 2.41. The van der Waals surface area contributed by atoms with Crippen molar-refractivity contribution in [3.8, 4) is 5.82 Å². The molecule has 35 heavy (non-hydrogen) atoms. The fourth-order valence-electron chi connectivity index (χ4n) is 3.67. The van der Waals surface area contributed by atoms with E-state index in [1.54, 1.807) is 42.0 Å². The minimum atomic E-state index is -4.84. The lowest BCUT2D eigenvalue weighted by Gasteiger charge is -2.20. The minimum absolute atomic E-state index is 0.0722. The first-order chi connectivity index (χ1) is 16.7. The molecular formula is C23H22F3N7O2. The molecule has 0 bridgehead atoms. The zero-order chi connectivity index (χ0) is 25.2. The summed E-state index contributed by atoms with van der Waals surface area (Å²) in [7, 11) is 1.58. The number of nitrogens with zero attached hydrogens (tertiary/aromatic N) is 4. The summed E-state index contributed by atoms with van der Waals surface area (Å²) in [5.41, 5.74) is 4.52. The van der Waals surface area contributed by atoms with Gasteiger partial charge in [0.25, 0.3) is 0 Å². The zero-order valence-electron chi connectivity index (χ0n) is 18.8. The van der Waals surface area contributed by atoms with Crippen LogP contribution in [0.15, 0.2) is 48.8 Å². The SMILES string of the molecule is COCCNc1cc(-n2c(Nc3c(C)ccc(C(N)=O)c3C(F)(F)F)nc3ccccc32)ncn1. The van der Waals surface area contributed by atoms with Gasteiger partial charge in [0.15, 0.2) is 0 Å². The number of halogens is 3. The number of carbonyl (C=O) groups is 1. The van der Waals surface area contributed by atoms with E-state index < -0.39 is 23.2 Å². The number of benzene rings is 2. The molecule has 0 saturated heterocycles. The highest BCUT2D eigenvalue weighted by molar-refractivity contribution is 5.97. The van der Waals surface area contributed by atoms with Crippen LogP contribution in [-0.4, -0.2) is 45.7 Å². The fourth-order valence-corrected chi connectivity index (χ4v) is 3.67. The number of primary amides is 1. The maximum absolute atomic E-state index is 14.1. The monoisotopic (exact) mass is 485 g/mol. The van der Waals surface area contributed by atoms with Crippen LogP contribution >= 0.6 is 0 Å². The van der Waals surface area contributed by atoms with Gasteiger partial charge in [0, 0.05) is 19.7 Å². The van der Waals surface area contributed by atoms with Crippen LogP contribution in [0.4, 0.5) is 30.6 Å². The van der Waals surface area contributed by atoms with E-state index in [-0.39, 0.29) is 17.2 Å². The molecule has 0 spiro atoms. The number of para-hydroxylation sites is 2. The molecule has 0 saturated carbocycles. The number of alkyl halides is 3. The molecule has 182 valence electrons. The lowest BCUT2D eigenvalue weighted by atomic mass is 10.00. The molecule has 0 aliphatic heterocycles. The average molecular weight is 485 g/mol. The second-order valence-corrected chi connectivity index (χ2v) is 7.61. The van der Waals surface area contributed by atoms with E-state index in [9.17, 15) is 18.0 Å². The third kappa shape index (κ3) is 4.87. The Morgan fingerprint density at radius 1 is 1.17 bits per heavy atom. The van der Waals surface area contributed by atoms with Gasteiger partial charge in [-0.05, 0) is 30.7 Å². The van der Waals surface area contributed by atoms with Crippen molar-refractivity contribution in [3.63, 3.8) is 0 Å². The average Bonchev–Trinajstić information content (AvgIpc) is 3.17. The van der Waals surface area contributed by atoms with Crippen LogP contribution in [-0.2, 0) is 10.9 Å². The number of nitrogens with two attached hydrogens (primary N) is 1. The smallest absolute Gasteiger partial charge is 0.383 e. The van der Waals surface area contributed by atoms with Crippen LogP contribution in [0.3, 0.4) is 0 Å². The summed E-state index contributed by atoms with van der Waals surface area (Å²) >= 11 is 0. The van der Waals surface area contributed by atoms with Crippen LogP contribution in [0.1, 0.15) is 21.5 Å². The molecule has 0 aliphatic carbocycles. The number of carbonyl (C=O) groups excluding carboxylic acids is 1. The van der Waals surface area contributed by atoms with E-state index in [2.05, 4.69) is 25.6 Å². The quantitative estimate of drug-likeness (QED) is 0.322. The van der Waals surface area contributed by atoms with E-state index in [4.69, 9.17) is 10.5 Å². The number of anilines is 3. The molecule has 4 N–H and O–H groups in total. The number of aryl methyl sites for hydroxylation is 1. The topological polar surface area (TPSA) is 120 Å². The summed E-state index contributed by atoms with van der Waals surface area (Å²) in [6.07, 6.45) is -3.51. The lowest BCUT2D eigenvalue weighted by Crippen LogP contribution is -2.21. The van der Waals surface area contributed by atoms with Crippen molar-refractivity contribution in [2.75, 3.05) is 30.9 Å². The Morgan fingerprint density at radius 3 is 2.66 bits per heavy atom. The van der Waals surface area contributed by atoms with Crippen LogP contribution in [0, 0.1) is 6.92 Å². The van der Waals surface area contributed by atoms with Gasteiger partial charge in [-0.1, -0.05) is 18.2 Å². The molecule has 0 atom stereocenters. The molecule has 0 aliphatic rings. The Labute approximate surface area is 198 Å². The Morgan fingerprint density at radius 2 is 1.94 bits per heavy atom. The number of fused-ring (bicyclic) bond motifs is 1. The van der Waals surface area contributed by atoms with Gasteiger partial charge in [-0.25, -0.2) is 15.0 Å². The van der Waals surface area contributed by atoms with E-state index in [1.165, 1.54) is 19.3 Å². The highest BCUT2D eigenvalue weighted by atomic mass is 19.4. The van der Waals surface area contributed by atoms with Gasteiger partial charge < -0.3 is 21.1 Å². The van der Waals surface area contributed by atoms with Crippen molar-refractivity contribution in [2.45, 2.75) is 13.1 Å². The minimum Gasteiger partial charge on any atom is -0.383 e. The van der Waals surface area contributed by atoms with Gasteiger partial charge >= 0.3 is 6.18 Å². The molecule has 12 heteroatoms. The molecule has 0 fully saturated rings. The first kappa shape index (κ1) is 24.0. The number of ether oxygens (including phenoxy) is 1. The van der Waals surface area contributed by atoms with Gasteiger partial charge in [0.05, 0.1) is 34.5 Å². The number of hydrogen-bond acceptors (Lipinski definition) is 7. The Balaban J connectivity index is 1.88. The highest BCUT2D eigenvalue weighted by Gasteiger charge is 2.39. The van der Waals surface area contributed by atoms with Crippen LogP contribution in [0.25, 0.3) is 16.9 Å². The third-order valence-corrected chi connectivity index (χ3v) is 5.25. The van der Waals surface area contributed by atoms with Crippen molar-refractivity contribution in [2.24, 2.45) is 5.73 Å². The Bertz CT molecular complexity index is 1390. The van der Waals surface area contributed by atoms with Crippen molar-refractivity contribution < 1.29 is 22.7 Å². The number of methoxy groups -OCH3 is 1. The molecule has 4 rings (SSSR count). The second kappa shape index (κ2) is 9.58. The molecule has 1 amide bonds. The number of aromatic nitrogens is 4. The van der Waals surface area contributed by atoms with E-state index in [1.807, 2.05) is 0 Å². The second-order valence-electron chi connectivity index (χ2n) is 7.61. The molecule has 0 radical (unpaired) electrons. The molecule has 9 nitrogen and oxygen atoms in total. The van der Waals surface area contributed by atoms with Crippen LogP contribution in [0.2, 0.25) is 0 Å². The molecule has 2 aromatic carbocycles. The summed E-state index contributed by atoms with van der Waals surface area (Å²) in [6.45, 7) is 2.45. The van der Waals surface area contributed by atoms with Crippen molar-refractivity contribution >= 4 is 34.4 Å². The summed E-state index contributed by atoms with van der Waals surface area (Å²) in [4.78, 5) is 24.8. The van der Waals surface area contributed by atoms with Crippen molar-refractivity contribution in [1.82, 2.24) is 19.5 Å². The van der Waals surface area contributed by atoms with Gasteiger partial charge in [-0.2, -0.15) is 13.2 Å². The number of rotatable bonds is 8. The van der Waals surface area contributed by atoms with Crippen LogP contribution in [0.5, 0.6) is 0 Å². The predicted molar refractivity (Wildman–Crippen MR) is 125 cm³/mol. The number of nitrogens with one attached hydrogen (secondary N) is 2. The van der Waals surface area contributed by atoms with E-state index >= 15 is 0 Å². The van der Waals surface area contributed by atoms with Gasteiger partial charge in [-0.15, -0.1) is 0 Å². The third-order valence-electron chi connectivity index (χ3n) is 5.25. The maximum atomic E-state index is 14.1. The molecule has 2 aromatic heterocycles. The Hall–Kier alpha value is -4.19. The summed E-state index contributed by atoms with van der Waals surface area (Å²) in [5.74, 6) is -0.244. The lowest BCUT2D eigenvalue weighted by molar-refractivity contribution is -0.137. The largest absolute Gasteiger partial charge is 0.419 e. The summed E-state index contributed by atoms with van der Waals surface area (Å²) < 4.78 is 48.8. The molecule has 2 heterocycles. The van der Waals surface area contributed by atoms with E-state index in [0.717, 1.165) is 6.07 Å². The zero-order valence-corrected chi connectivity index (χ0v) is 18.8. The summed E-state index contributed by atoms with van der Waals surface area (Å²) in [6, 6.07) is 11.2. The molecular weight excluding hydrogens is 463 g/mol. The van der Waals surface area contributed by atoms with Gasteiger partial charge in [0.2, 0.25) is 11.9 Å². The molecule has 0 unspecified atom stereocenters. The maximum Gasteiger partial charge on any atom is 0.419 e. The van der Waals surface area contributed by atoms with Gasteiger partial charge in [0.1, 0.15) is 18.0 Å². The van der Waals surface area contributed by atoms with E-state index in [0.29, 0.717) is 35.8 Å². The summed E-state index contributed by atoms with van der Waals surface area (Å²) in [5, 5.41) is 5.89. The standard InChI is InChI=1S/C23H22F3N7O2/c1-13-7-8-14(21(27)34)19(23(24,25)26)20(13)32-22-31-15-5-3-4-6-16(15)33(22)18-11-17(29-12-30-18)28-9-10-35-2/h3-8,11-12H,9-10H2,1-2H3,(H2,27,34)(H,31,32)(H,28,29,30). The van der Waals surface area contributed by atoms with Crippen molar-refractivity contribution in [3.05, 3.63) is 65.5 Å². The van der Waals surface area contributed by atoms with Crippen LogP contribution < -0.4 is 16.4 Å². The number of hydrogen-bond donors (Lipinski definition) is 3. The fraction of sp³-hybridized carbons (Fsp3) is 0.217. The normalized spacial score (nSPS) is 11.6. The number of imidazole rings is 1. The predicted octanol–water partition coefficient (Wildman–Crippen LogP) is 4.04. The first-order valence-corrected chi connectivity index (χ1v) is 10.5. The van der Waals surface area contributed by atoms with Crippen molar-refractivity contribution in [1.29, 1.82) is 0 Å². The Kier molecular flexibility index (Phi) is 6.56. The van der Waals surface area contributed by atoms with Gasteiger partial charge in [-0.3, -0.25) is 9.36 Å². The number of amides is 1. The molecule has 4 aromatic rings. The first-order valence-electron chi connectivity index (χ1n) is 10.5.